The van der Waals surface area contributed by atoms with E-state index >= 15 is 0 Å². The number of rotatable bonds is 2. The number of halogens is 1. The molecule has 0 saturated carbocycles. The fraction of sp³-hybridized carbons (Fsp3) is 0. The number of hydrogen-bond acceptors (Lipinski definition) is 2. The van der Waals surface area contributed by atoms with Crippen LogP contribution < -0.4 is 5.54 Å². The molecule has 13 heavy (non-hydrogen) atoms. The summed E-state index contributed by atoms with van der Waals surface area (Å²) in [5.74, 6) is -1.74. The van der Waals surface area contributed by atoms with Gasteiger partial charge in [0.2, 0.25) is 0 Å². The molecule has 0 radical (unpaired) electrons. The van der Waals surface area contributed by atoms with Crippen molar-refractivity contribution < 1.29 is 14.4 Å². The topological polar surface area (TPSA) is 73.2 Å². The molecule has 0 spiro atoms. The number of hydrogen-bond donors (Lipinski definition) is 3. The molecule has 0 aliphatic heterocycles. The van der Waals surface area contributed by atoms with Crippen molar-refractivity contribution in [1.29, 1.82) is 5.41 Å². The highest BCUT2D eigenvalue weighted by Gasteiger charge is 2.12. The zero-order valence-corrected chi connectivity index (χ0v) is 6.54. The highest BCUT2D eigenvalue weighted by Crippen LogP contribution is 2.08. The van der Waals surface area contributed by atoms with Crippen LogP contribution in [0.1, 0.15) is 15.9 Å². The fourth-order valence-electron chi connectivity index (χ4n) is 0.939. The summed E-state index contributed by atoms with van der Waals surface area (Å²) in [5.41, 5.74) is 1.02. The Morgan fingerprint density at radius 1 is 1.38 bits per heavy atom. The lowest BCUT2D eigenvalue weighted by atomic mass is 10.1. The van der Waals surface area contributed by atoms with Crippen LogP contribution in [0.25, 0.3) is 0 Å². The minimum absolute atomic E-state index is 0.0255. The largest absolute Gasteiger partial charge is 0.478 e. The molecule has 1 rings (SSSR count). The first kappa shape index (κ1) is 9.18. The third-order valence-electron chi connectivity index (χ3n) is 1.52. The van der Waals surface area contributed by atoms with Crippen LogP contribution in [0.3, 0.4) is 0 Å². The molecule has 0 fully saturated rings. The summed E-state index contributed by atoms with van der Waals surface area (Å²) in [7, 11) is 0. The van der Waals surface area contributed by atoms with Crippen LogP contribution in [0.5, 0.6) is 0 Å². The Labute approximate surface area is 73.5 Å². The van der Waals surface area contributed by atoms with E-state index in [0.29, 0.717) is 0 Å². The maximum Gasteiger partial charge on any atom is 0.336 e. The van der Waals surface area contributed by atoms with Gasteiger partial charge < -0.3 is 5.11 Å². The van der Waals surface area contributed by atoms with Crippen molar-refractivity contribution in [2.75, 3.05) is 0 Å². The second kappa shape index (κ2) is 3.66. The van der Waals surface area contributed by atoms with E-state index in [2.05, 4.69) is 0 Å². The summed E-state index contributed by atoms with van der Waals surface area (Å²) in [6.07, 6.45) is 0. The number of carbonyl (C=O) groups is 1. The Bertz CT molecular complexity index is 352. The molecule has 0 aliphatic rings. The van der Waals surface area contributed by atoms with Crippen molar-refractivity contribution in [3.8, 4) is 0 Å². The van der Waals surface area contributed by atoms with E-state index in [0.717, 1.165) is 5.54 Å². The first-order valence-corrected chi connectivity index (χ1v) is 3.44. The standard InChI is InChI=1S/C8H7FN2O2/c9-11-7(10)5-3-1-2-4-6(5)8(12)13/h1-4H,(H2,10,11)(H,12,13). The first-order chi connectivity index (χ1) is 6.16. The van der Waals surface area contributed by atoms with Gasteiger partial charge in [0.25, 0.3) is 0 Å². The molecular formula is C8H7FN2O2. The summed E-state index contributed by atoms with van der Waals surface area (Å²) >= 11 is 0. The number of carboxylic acids is 1. The van der Waals surface area contributed by atoms with Crippen LogP contribution >= 0.6 is 0 Å². The molecule has 0 bridgehead atoms. The minimum atomic E-state index is -1.18. The van der Waals surface area contributed by atoms with Gasteiger partial charge in [-0.25, -0.2) is 10.3 Å². The predicted octanol–water partition coefficient (Wildman–Crippen LogP) is 1.18. The van der Waals surface area contributed by atoms with Gasteiger partial charge in [-0.2, -0.15) is 0 Å². The molecule has 0 amide bonds. The summed E-state index contributed by atoms with van der Waals surface area (Å²) in [4.78, 5) is 10.6. The summed E-state index contributed by atoms with van der Waals surface area (Å²) in [6.45, 7) is 0. The molecule has 0 heterocycles. The van der Waals surface area contributed by atoms with Gasteiger partial charge in [0.05, 0.1) is 5.56 Å². The Morgan fingerprint density at radius 3 is 2.38 bits per heavy atom. The molecule has 0 aliphatic carbocycles. The van der Waals surface area contributed by atoms with Crippen LogP contribution in [0.15, 0.2) is 24.3 Å². The maximum atomic E-state index is 11.8. The molecule has 0 saturated heterocycles. The van der Waals surface area contributed by atoms with Crippen molar-refractivity contribution in [1.82, 2.24) is 5.54 Å². The van der Waals surface area contributed by atoms with Crippen LogP contribution in [0, 0.1) is 5.41 Å². The van der Waals surface area contributed by atoms with Crippen molar-refractivity contribution in [2.45, 2.75) is 0 Å². The van der Waals surface area contributed by atoms with Crippen LogP contribution in [-0.2, 0) is 0 Å². The molecule has 0 aromatic heterocycles. The van der Waals surface area contributed by atoms with Crippen molar-refractivity contribution in [2.24, 2.45) is 0 Å². The molecule has 1 aromatic rings. The average Bonchev–Trinajstić information content (AvgIpc) is 2.16. The second-order valence-electron chi connectivity index (χ2n) is 2.32. The monoisotopic (exact) mass is 182 g/mol. The van der Waals surface area contributed by atoms with Gasteiger partial charge in [-0.3, -0.25) is 5.41 Å². The third kappa shape index (κ3) is 1.81. The zero-order valence-electron chi connectivity index (χ0n) is 6.54. The predicted molar refractivity (Wildman–Crippen MR) is 44.5 cm³/mol. The van der Waals surface area contributed by atoms with E-state index in [1.807, 2.05) is 0 Å². The fourth-order valence-corrected chi connectivity index (χ4v) is 0.939. The summed E-state index contributed by atoms with van der Waals surface area (Å²) in [5, 5.41) is 15.7. The lowest BCUT2D eigenvalue weighted by Gasteiger charge is -2.03. The van der Waals surface area contributed by atoms with E-state index in [-0.39, 0.29) is 11.1 Å². The summed E-state index contributed by atoms with van der Waals surface area (Å²) < 4.78 is 11.8. The quantitative estimate of drug-likeness (QED) is 0.365. The molecule has 1 aromatic carbocycles. The Morgan fingerprint density at radius 2 is 1.92 bits per heavy atom. The van der Waals surface area contributed by atoms with Crippen LogP contribution in [-0.4, -0.2) is 16.9 Å². The molecule has 4 nitrogen and oxygen atoms in total. The van der Waals surface area contributed by atoms with E-state index < -0.39 is 11.8 Å². The SMILES string of the molecule is N=C(NF)c1ccccc1C(=O)O. The number of nitrogens with one attached hydrogen (secondary N) is 2. The number of aromatic carboxylic acids is 1. The van der Waals surface area contributed by atoms with Gasteiger partial charge in [0.15, 0.2) is 5.84 Å². The van der Waals surface area contributed by atoms with Gasteiger partial charge in [-0.15, -0.1) is 4.48 Å². The molecular weight excluding hydrogens is 175 g/mol. The van der Waals surface area contributed by atoms with Gasteiger partial charge in [-0.05, 0) is 6.07 Å². The highest BCUT2D eigenvalue weighted by atomic mass is 19.2. The molecule has 5 heteroatoms. The van der Waals surface area contributed by atoms with Crippen LogP contribution in [0.2, 0.25) is 0 Å². The van der Waals surface area contributed by atoms with Crippen molar-refractivity contribution in [3.05, 3.63) is 35.4 Å². The lowest BCUT2D eigenvalue weighted by molar-refractivity contribution is 0.0696. The minimum Gasteiger partial charge on any atom is -0.478 e. The van der Waals surface area contributed by atoms with Gasteiger partial charge >= 0.3 is 5.97 Å². The van der Waals surface area contributed by atoms with E-state index in [1.54, 1.807) is 0 Å². The zero-order chi connectivity index (χ0) is 9.84. The number of benzene rings is 1. The second-order valence-corrected chi connectivity index (χ2v) is 2.32. The van der Waals surface area contributed by atoms with Crippen molar-refractivity contribution >= 4 is 11.8 Å². The van der Waals surface area contributed by atoms with Gasteiger partial charge in [0, 0.05) is 5.56 Å². The molecule has 3 N–H and O–H groups in total. The van der Waals surface area contributed by atoms with Crippen molar-refractivity contribution in [3.63, 3.8) is 0 Å². The molecule has 0 atom stereocenters. The van der Waals surface area contributed by atoms with Gasteiger partial charge in [-0.1, -0.05) is 18.2 Å². The normalized spacial score (nSPS) is 9.31. The van der Waals surface area contributed by atoms with E-state index in [4.69, 9.17) is 10.5 Å². The third-order valence-corrected chi connectivity index (χ3v) is 1.52. The van der Waals surface area contributed by atoms with Gasteiger partial charge in [0.1, 0.15) is 0 Å². The van der Waals surface area contributed by atoms with E-state index in [9.17, 15) is 9.28 Å². The lowest BCUT2D eigenvalue weighted by Crippen LogP contribution is -2.17. The molecule has 0 unspecified atom stereocenters. The Hall–Kier alpha value is -1.91. The highest BCUT2D eigenvalue weighted by molar-refractivity contribution is 6.05. The Balaban J connectivity index is 3.19. The first-order valence-electron chi connectivity index (χ1n) is 3.44. The Kier molecular flexibility index (Phi) is 2.59. The van der Waals surface area contributed by atoms with Crippen LogP contribution in [0.4, 0.5) is 4.48 Å². The number of carboxylic acid groups (broad SMARTS) is 1. The summed E-state index contributed by atoms with van der Waals surface area (Å²) in [6, 6.07) is 5.72. The van der Waals surface area contributed by atoms with E-state index in [1.165, 1.54) is 24.3 Å². The maximum absolute atomic E-state index is 11.8. The number of amidine groups is 1. The molecule has 68 valence electrons. The smallest absolute Gasteiger partial charge is 0.336 e. The average molecular weight is 182 g/mol.